The first-order valence-corrected chi connectivity index (χ1v) is 23.1. The van der Waals surface area contributed by atoms with Crippen molar-refractivity contribution in [2.75, 3.05) is 0 Å². The molecule has 13 aromatic rings. The molecule has 70 heavy (non-hydrogen) atoms. The molecule has 0 fully saturated rings. The molecule has 10 aromatic carbocycles. The van der Waals surface area contributed by atoms with E-state index >= 15 is 0 Å². The Hall–Kier alpha value is -8.57. The fraction of sp³-hybridized carbons (Fsp3) is 0.0159. The standard InChI is InChI=1S/C63H40N4O2.Pt/c1-41-19-8-9-26-48(41)44-35-36-51-52-39-47(68-46-25-18-24-45(37-46)62-64-54-29-12-16-33-58(54)66(62)56-31-14-10-27-49(56)42-20-4-2-5-21-42)40-53(61(52)69-60(51)38-44)63-65-55-30-13-17-34-59(55)67(63)57-32-15-11-28-50(57)43-22-6-3-7-23-43;/h2-36,38-39H,1H3;/q-2;+2. The Bertz CT molecular complexity index is 4080. The fourth-order valence-electron chi connectivity index (χ4n) is 9.77. The summed E-state index contributed by atoms with van der Waals surface area (Å²) in [5.41, 5.74) is 16.4. The van der Waals surface area contributed by atoms with Gasteiger partial charge in [-0.05, 0) is 77.2 Å². The molecule has 0 aliphatic heterocycles. The SMILES string of the molecule is Cc1ccccc1-c1ccc2c(c1)oc1c(-c3nc4ccccc4n3-c3ccccc3-c3ccccc3)[c-]c(Oc3[c-]c(-c4nc5ccccc5n4-c4ccccc4-c4ccccc4)ccc3)cc12.[Pt+2]. The van der Waals surface area contributed by atoms with Crippen LogP contribution in [0.1, 0.15) is 5.56 Å². The third kappa shape index (κ3) is 7.41. The van der Waals surface area contributed by atoms with Crippen LogP contribution in [-0.2, 0) is 21.1 Å². The maximum Gasteiger partial charge on any atom is 2.00 e. The zero-order chi connectivity index (χ0) is 45.8. The van der Waals surface area contributed by atoms with Crippen molar-refractivity contribution in [2.24, 2.45) is 0 Å². The van der Waals surface area contributed by atoms with Gasteiger partial charge >= 0.3 is 21.1 Å². The number of hydrogen-bond acceptors (Lipinski definition) is 4. The molecule has 3 aromatic heterocycles. The summed E-state index contributed by atoms with van der Waals surface area (Å²) in [7, 11) is 0. The van der Waals surface area contributed by atoms with Gasteiger partial charge in [0.05, 0.1) is 39.3 Å². The van der Waals surface area contributed by atoms with Gasteiger partial charge in [-0.3, -0.25) is 9.97 Å². The van der Waals surface area contributed by atoms with Gasteiger partial charge < -0.3 is 18.3 Å². The van der Waals surface area contributed by atoms with Crippen molar-refractivity contribution in [2.45, 2.75) is 6.92 Å². The molecule has 6 nitrogen and oxygen atoms in total. The van der Waals surface area contributed by atoms with E-state index in [4.69, 9.17) is 19.1 Å². The summed E-state index contributed by atoms with van der Waals surface area (Å²) in [5.74, 6) is 2.44. The molecule has 0 aliphatic carbocycles. The van der Waals surface area contributed by atoms with Gasteiger partial charge in [-0.25, -0.2) is 0 Å². The quantitative estimate of drug-likeness (QED) is 0.135. The Labute approximate surface area is 419 Å². The molecule has 0 N–H and O–H groups in total. The number of fused-ring (bicyclic) bond motifs is 5. The maximum atomic E-state index is 6.99. The molecular weight excluding hydrogens is 1040 g/mol. The largest absolute Gasteiger partial charge is 2.00 e. The molecule has 0 unspecified atom stereocenters. The second kappa shape index (κ2) is 17.8. The monoisotopic (exact) mass is 1080 g/mol. The van der Waals surface area contributed by atoms with Crippen molar-refractivity contribution in [1.29, 1.82) is 0 Å². The smallest absolute Gasteiger partial charge is 0.501 e. The molecule has 0 bridgehead atoms. The number of aromatic nitrogens is 4. The summed E-state index contributed by atoms with van der Waals surface area (Å²) in [5, 5.41) is 1.84. The second-order valence-corrected chi connectivity index (χ2v) is 17.2. The number of rotatable bonds is 9. The number of aryl methyl sites for hydroxylation is 1. The normalized spacial score (nSPS) is 11.4. The summed E-state index contributed by atoms with van der Waals surface area (Å²) in [6, 6.07) is 84.6. The minimum atomic E-state index is 0. The first kappa shape index (κ1) is 42.8. The average molecular weight is 1080 g/mol. The van der Waals surface area contributed by atoms with Crippen LogP contribution in [0.25, 0.3) is 112 Å². The number of hydrogen-bond donors (Lipinski definition) is 0. The predicted octanol–water partition coefficient (Wildman–Crippen LogP) is 16.3. The van der Waals surface area contributed by atoms with E-state index < -0.39 is 0 Å². The van der Waals surface area contributed by atoms with Crippen LogP contribution >= 0.6 is 0 Å². The first-order chi connectivity index (χ1) is 34.1. The molecule has 0 saturated heterocycles. The molecule has 0 aliphatic rings. The van der Waals surface area contributed by atoms with Crippen LogP contribution < -0.4 is 4.74 Å². The summed E-state index contributed by atoms with van der Waals surface area (Å²) in [4.78, 5) is 10.6. The van der Waals surface area contributed by atoms with Crippen molar-refractivity contribution in [3.63, 3.8) is 0 Å². The van der Waals surface area contributed by atoms with Crippen LogP contribution in [0.4, 0.5) is 0 Å². The molecule has 0 radical (unpaired) electrons. The maximum absolute atomic E-state index is 6.99. The summed E-state index contributed by atoms with van der Waals surface area (Å²) < 4.78 is 18.4. The van der Waals surface area contributed by atoms with Gasteiger partial charge in [0.15, 0.2) is 0 Å². The second-order valence-electron chi connectivity index (χ2n) is 17.2. The molecule has 0 amide bonds. The molecule has 0 atom stereocenters. The van der Waals surface area contributed by atoms with E-state index in [0.29, 0.717) is 28.5 Å². The number of imidazole rings is 2. The van der Waals surface area contributed by atoms with E-state index in [9.17, 15) is 0 Å². The molecule has 13 rings (SSSR count). The van der Waals surface area contributed by atoms with Crippen molar-refractivity contribution >= 4 is 44.0 Å². The number of ether oxygens (including phenoxy) is 1. The van der Waals surface area contributed by atoms with Crippen molar-refractivity contribution < 1.29 is 30.2 Å². The molecule has 334 valence electrons. The van der Waals surface area contributed by atoms with E-state index in [1.165, 1.54) is 5.56 Å². The van der Waals surface area contributed by atoms with Crippen molar-refractivity contribution in [1.82, 2.24) is 19.1 Å². The van der Waals surface area contributed by atoms with Crippen LogP contribution in [0.2, 0.25) is 0 Å². The number of furan rings is 1. The Balaban J connectivity index is 0.00000505. The van der Waals surface area contributed by atoms with Crippen molar-refractivity contribution in [3.8, 4) is 79.0 Å². The Kier molecular flexibility index (Phi) is 10.9. The number of nitrogens with zero attached hydrogens (tertiary/aromatic N) is 4. The summed E-state index contributed by atoms with van der Waals surface area (Å²) >= 11 is 0. The predicted molar refractivity (Wildman–Crippen MR) is 279 cm³/mol. The van der Waals surface area contributed by atoms with Crippen LogP contribution in [0.5, 0.6) is 11.5 Å². The molecule has 7 heteroatoms. The van der Waals surface area contributed by atoms with Crippen LogP contribution in [0.3, 0.4) is 0 Å². The molecule has 3 heterocycles. The summed E-state index contributed by atoms with van der Waals surface area (Å²) in [6.07, 6.45) is 0. The van der Waals surface area contributed by atoms with E-state index in [2.05, 4.69) is 204 Å². The third-order valence-electron chi connectivity index (χ3n) is 13.0. The van der Waals surface area contributed by atoms with Crippen LogP contribution in [-0.4, -0.2) is 19.1 Å². The topological polar surface area (TPSA) is 58.0 Å². The van der Waals surface area contributed by atoms with Crippen LogP contribution in [0, 0.1) is 19.1 Å². The Morgan fingerprint density at radius 3 is 1.66 bits per heavy atom. The minimum Gasteiger partial charge on any atom is -0.501 e. The number of benzene rings is 10. The average Bonchev–Trinajstić information content (AvgIpc) is 4.11. The van der Waals surface area contributed by atoms with Crippen molar-refractivity contribution in [3.05, 3.63) is 242 Å². The van der Waals surface area contributed by atoms with Gasteiger partial charge in [0.25, 0.3) is 0 Å². The van der Waals surface area contributed by atoms with Gasteiger partial charge in [-0.15, -0.1) is 23.8 Å². The van der Waals surface area contributed by atoms with Gasteiger partial charge in [0, 0.05) is 39.4 Å². The fourth-order valence-corrected chi connectivity index (χ4v) is 9.77. The zero-order valence-electron chi connectivity index (χ0n) is 37.8. The molecular formula is C63H40N4O2Pt. The molecule has 0 spiro atoms. The van der Waals surface area contributed by atoms with Gasteiger partial charge in [0.2, 0.25) is 0 Å². The van der Waals surface area contributed by atoms with E-state index in [0.717, 1.165) is 94.6 Å². The molecule has 0 saturated carbocycles. The zero-order valence-corrected chi connectivity index (χ0v) is 40.1. The van der Waals surface area contributed by atoms with Gasteiger partial charge in [-0.1, -0.05) is 187 Å². The van der Waals surface area contributed by atoms with Crippen LogP contribution in [0.15, 0.2) is 229 Å². The van der Waals surface area contributed by atoms with E-state index in [1.54, 1.807) is 0 Å². The minimum absolute atomic E-state index is 0. The van der Waals surface area contributed by atoms with Gasteiger partial charge in [-0.2, -0.15) is 0 Å². The summed E-state index contributed by atoms with van der Waals surface area (Å²) in [6.45, 7) is 2.14. The Morgan fingerprint density at radius 1 is 0.443 bits per heavy atom. The Morgan fingerprint density at radius 2 is 1.00 bits per heavy atom. The third-order valence-corrected chi connectivity index (χ3v) is 13.0. The van der Waals surface area contributed by atoms with E-state index in [1.807, 2.05) is 48.5 Å². The number of para-hydroxylation sites is 6. The van der Waals surface area contributed by atoms with E-state index in [-0.39, 0.29) is 21.1 Å². The first-order valence-electron chi connectivity index (χ1n) is 23.1. The van der Waals surface area contributed by atoms with Gasteiger partial charge in [0.1, 0.15) is 5.58 Å².